The molecule has 0 saturated carbocycles. The van der Waals surface area contributed by atoms with Gasteiger partial charge in [0.1, 0.15) is 0 Å². The fourth-order valence-electron chi connectivity index (χ4n) is 3.56. The summed E-state index contributed by atoms with van der Waals surface area (Å²) < 4.78 is 2.38. The molecule has 4 aromatic rings. The molecule has 0 amide bonds. The number of rotatable bonds is 3. The first-order valence-electron chi connectivity index (χ1n) is 8.84. The van der Waals surface area contributed by atoms with Gasteiger partial charge in [-0.05, 0) is 31.5 Å². The van der Waals surface area contributed by atoms with Crippen LogP contribution in [0.3, 0.4) is 0 Å². The summed E-state index contributed by atoms with van der Waals surface area (Å²) in [6.45, 7) is 3.86. The van der Waals surface area contributed by atoms with E-state index in [4.69, 9.17) is 28.2 Å². The van der Waals surface area contributed by atoms with Crippen molar-refractivity contribution in [2.24, 2.45) is 0 Å². The minimum Gasteiger partial charge on any atom is -0.476 e. The van der Waals surface area contributed by atoms with E-state index in [0.717, 1.165) is 21.0 Å². The third-order valence-electron chi connectivity index (χ3n) is 4.89. The number of carboxylic acids is 1. The molecule has 0 bridgehead atoms. The van der Waals surface area contributed by atoms with Gasteiger partial charge in [0.2, 0.25) is 5.13 Å². The highest BCUT2D eigenvalue weighted by Crippen LogP contribution is 2.53. The second-order valence-corrected chi connectivity index (χ2v) is 10.2. The molecule has 7 nitrogen and oxygen atoms in total. The highest BCUT2D eigenvalue weighted by Gasteiger charge is 2.31. The van der Waals surface area contributed by atoms with Crippen molar-refractivity contribution in [1.29, 1.82) is 0 Å². The lowest BCUT2D eigenvalue weighted by Gasteiger charge is -2.21. The Bertz CT molecular complexity index is 1310. The molecule has 0 fully saturated rings. The molecule has 0 radical (unpaired) electrons. The SMILES string of the molecule is Cc1nn(-c2nc3c(s2)SC(C)c2cc(Cl)c(Cl)cc2-3)c(C(=O)O)c1-c1cn[nH]c1. The van der Waals surface area contributed by atoms with Crippen molar-refractivity contribution in [3.05, 3.63) is 51.5 Å². The number of halogens is 2. The summed E-state index contributed by atoms with van der Waals surface area (Å²) in [5, 5.41) is 22.7. The quantitative estimate of drug-likeness (QED) is 0.383. The van der Waals surface area contributed by atoms with Crippen molar-refractivity contribution in [1.82, 2.24) is 25.0 Å². The number of nitrogens with one attached hydrogen (secondary N) is 1. The van der Waals surface area contributed by atoms with E-state index in [1.54, 1.807) is 31.1 Å². The number of carbonyl (C=O) groups is 1. The van der Waals surface area contributed by atoms with Crippen molar-refractivity contribution >= 4 is 52.3 Å². The first-order valence-corrected chi connectivity index (χ1v) is 11.3. The van der Waals surface area contributed by atoms with E-state index in [0.29, 0.717) is 32.0 Å². The van der Waals surface area contributed by atoms with Crippen molar-refractivity contribution in [2.75, 3.05) is 0 Å². The number of thiazole rings is 1. The number of aromatic nitrogens is 5. The largest absolute Gasteiger partial charge is 0.476 e. The second kappa shape index (κ2) is 7.12. The van der Waals surface area contributed by atoms with Gasteiger partial charge in [0.05, 0.1) is 31.8 Å². The van der Waals surface area contributed by atoms with Gasteiger partial charge in [0, 0.05) is 28.1 Å². The van der Waals surface area contributed by atoms with Gasteiger partial charge in [-0.3, -0.25) is 5.10 Å². The molecule has 30 heavy (non-hydrogen) atoms. The highest BCUT2D eigenvalue weighted by molar-refractivity contribution is 8.01. The van der Waals surface area contributed by atoms with Crippen LogP contribution in [0, 0.1) is 6.92 Å². The predicted octanol–water partition coefficient (Wildman–Crippen LogP) is 5.87. The van der Waals surface area contributed by atoms with Crippen molar-refractivity contribution < 1.29 is 9.90 Å². The van der Waals surface area contributed by atoms with E-state index in [-0.39, 0.29) is 10.9 Å². The summed E-state index contributed by atoms with van der Waals surface area (Å²) in [6.07, 6.45) is 3.22. The zero-order valence-corrected chi connectivity index (χ0v) is 18.7. The monoisotopic (exact) mass is 477 g/mol. The smallest absolute Gasteiger partial charge is 0.355 e. The first-order chi connectivity index (χ1) is 14.3. The Kier molecular flexibility index (Phi) is 4.66. The number of carboxylic acid groups (broad SMARTS) is 1. The van der Waals surface area contributed by atoms with Crippen molar-refractivity contribution in [3.8, 4) is 27.5 Å². The van der Waals surface area contributed by atoms with Gasteiger partial charge in [-0.25, -0.2) is 9.78 Å². The molecule has 3 aromatic heterocycles. The summed E-state index contributed by atoms with van der Waals surface area (Å²) in [6, 6.07) is 3.69. The lowest BCUT2D eigenvalue weighted by Crippen LogP contribution is -2.09. The second-order valence-electron chi connectivity index (χ2n) is 6.76. The predicted molar refractivity (Wildman–Crippen MR) is 118 cm³/mol. The van der Waals surface area contributed by atoms with Gasteiger partial charge >= 0.3 is 5.97 Å². The maximum Gasteiger partial charge on any atom is 0.355 e. The van der Waals surface area contributed by atoms with Gasteiger partial charge in [-0.2, -0.15) is 14.9 Å². The zero-order chi connectivity index (χ0) is 21.2. The minimum atomic E-state index is -1.09. The summed E-state index contributed by atoms with van der Waals surface area (Å²) in [5.74, 6) is -1.09. The molecule has 1 aliphatic heterocycles. The number of thioether (sulfide) groups is 1. The van der Waals surface area contributed by atoms with E-state index < -0.39 is 5.97 Å². The number of fused-ring (bicyclic) bond motifs is 3. The average molecular weight is 478 g/mol. The third kappa shape index (κ3) is 2.96. The number of hydrogen-bond donors (Lipinski definition) is 2. The van der Waals surface area contributed by atoms with Gasteiger partial charge in [-0.15, -0.1) is 11.8 Å². The summed E-state index contributed by atoms with van der Waals surface area (Å²) in [5.41, 5.74) is 4.52. The molecule has 1 aromatic carbocycles. The Morgan fingerprint density at radius 2 is 2.07 bits per heavy atom. The average Bonchev–Trinajstić information content (AvgIpc) is 3.41. The van der Waals surface area contributed by atoms with E-state index in [2.05, 4.69) is 22.2 Å². The number of H-pyrrole nitrogens is 1. The normalized spacial score (nSPS) is 15.1. The van der Waals surface area contributed by atoms with Crippen LogP contribution in [0.15, 0.2) is 28.7 Å². The van der Waals surface area contributed by atoms with Crippen LogP contribution < -0.4 is 0 Å². The Morgan fingerprint density at radius 1 is 1.30 bits per heavy atom. The molecular formula is C19H13Cl2N5O2S2. The van der Waals surface area contributed by atoms with Crippen LogP contribution in [-0.4, -0.2) is 36.0 Å². The van der Waals surface area contributed by atoms with Gasteiger partial charge < -0.3 is 5.11 Å². The molecule has 4 heterocycles. The lowest BCUT2D eigenvalue weighted by atomic mass is 10.0. The van der Waals surface area contributed by atoms with Crippen LogP contribution in [-0.2, 0) is 0 Å². The lowest BCUT2D eigenvalue weighted by molar-refractivity contribution is 0.0688. The fourth-order valence-corrected chi connectivity index (χ4v) is 6.43. The van der Waals surface area contributed by atoms with Crippen LogP contribution >= 0.6 is 46.3 Å². The summed E-state index contributed by atoms with van der Waals surface area (Å²) in [7, 11) is 0. The molecule has 5 rings (SSSR count). The molecule has 1 atom stereocenters. The Labute approximate surface area is 189 Å². The highest BCUT2D eigenvalue weighted by atomic mass is 35.5. The molecule has 11 heteroatoms. The summed E-state index contributed by atoms with van der Waals surface area (Å²) >= 11 is 15.5. The molecule has 2 N–H and O–H groups in total. The van der Waals surface area contributed by atoms with Gasteiger partial charge in [0.25, 0.3) is 0 Å². The van der Waals surface area contributed by atoms with Crippen LogP contribution in [0.2, 0.25) is 10.0 Å². The maximum atomic E-state index is 12.1. The standard InChI is InChI=1S/C19H13Cl2N5O2S2/c1-7-14(9-5-22-23-6-9)16(17(27)28)26(25-7)19-24-15-11-4-13(21)12(20)3-10(11)8(2)29-18(15)30-19/h3-6,8H,1-2H3,(H,22,23)(H,27,28). The Morgan fingerprint density at radius 3 is 2.77 bits per heavy atom. The third-order valence-corrected chi connectivity index (χ3v) is 7.99. The zero-order valence-electron chi connectivity index (χ0n) is 15.6. The van der Waals surface area contributed by atoms with Crippen molar-refractivity contribution in [3.63, 3.8) is 0 Å². The molecular weight excluding hydrogens is 465 g/mol. The molecule has 1 aliphatic rings. The Hall–Kier alpha value is -2.33. The van der Waals surface area contributed by atoms with E-state index in [1.165, 1.54) is 16.0 Å². The van der Waals surface area contributed by atoms with E-state index >= 15 is 0 Å². The topological polar surface area (TPSA) is 96.7 Å². The first kappa shape index (κ1) is 19.6. The van der Waals surface area contributed by atoms with Gasteiger partial charge in [-0.1, -0.05) is 34.5 Å². The maximum absolute atomic E-state index is 12.1. The van der Waals surface area contributed by atoms with Crippen molar-refractivity contribution in [2.45, 2.75) is 23.3 Å². The molecule has 152 valence electrons. The van der Waals surface area contributed by atoms with E-state index in [9.17, 15) is 9.90 Å². The van der Waals surface area contributed by atoms with Crippen LogP contribution in [0.4, 0.5) is 0 Å². The Balaban J connectivity index is 1.71. The molecule has 0 saturated heterocycles. The summed E-state index contributed by atoms with van der Waals surface area (Å²) in [4.78, 5) is 16.9. The fraction of sp³-hybridized carbons (Fsp3) is 0.158. The molecule has 1 unspecified atom stereocenters. The number of aryl methyl sites for hydroxylation is 1. The van der Waals surface area contributed by atoms with E-state index in [1.807, 2.05) is 12.1 Å². The van der Waals surface area contributed by atoms with Crippen LogP contribution in [0.25, 0.3) is 27.5 Å². The molecule has 0 aliphatic carbocycles. The number of hydrogen-bond acceptors (Lipinski definition) is 6. The van der Waals surface area contributed by atoms with Crippen LogP contribution in [0.1, 0.15) is 33.9 Å². The molecule has 0 spiro atoms. The number of benzene rings is 1. The van der Waals surface area contributed by atoms with Crippen LogP contribution in [0.5, 0.6) is 0 Å². The number of nitrogens with zero attached hydrogens (tertiary/aromatic N) is 4. The number of aromatic amines is 1. The number of aromatic carboxylic acids is 1. The van der Waals surface area contributed by atoms with Gasteiger partial charge in [0.15, 0.2) is 5.69 Å². The minimum absolute atomic E-state index is 0.0485.